The molecule has 2 aromatic rings. The van der Waals surface area contributed by atoms with Gasteiger partial charge in [0.1, 0.15) is 5.82 Å². The maximum Gasteiger partial charge on any atom is 0.126 e. The molecule has 0 radical (unpaired) electrons. The maximum absolute atomic E-state index is 4.73. The number of pyridine rings is 1. The molecule has 0 aliphatic heterocycles. The summed E-state index contributed by atoms with van der Waals surface area (Å²) in [7, 11) is 0. The fraction of sp³-hybridized carbons (Fsp3) is 0.400. The summed E-state index contributed by atoms with van der Waals surface area (Å²) in [5, 5.41) is 5.53. The van der Waals surface area contributed by atoms with E-state index in [0.717, 1.165) is 24.5 Å². The molecule has 0 aromatic carbocycles. The molecule has 0 fully saturated rings. The molecule has 0 aliphatic carbocycles. The Hall–Kier alpha value is -1.35. The van der Waals surface area contributed by atoms with Crippen LogP contribution in [0.3, 0.4) is 0 Å². The highest BCUT2D eigenvalue weighted by molar-refractivity contribution is 7.10. The minimum Gasteiger partial charge on any atom is -0.370 e. The largest absolute Gasteiger partial charge is 0.370 e. The average molecular weight is 260 g/mol. The zero-order chi connectivity index (χ0) is 13.1. The van der Waals surface area contributed by atoms with E-state index in [9.17, 15) is 0 Å². The van der Waals surface area contributed by atoms with E-state index in [0.29, 0.717) is 0 Å². The zero-order valence-electron chi connectivity index (χ0n) is 11.5. The van der Waals surface area contributed by atoms with Gasteiger partial charge in [-0.2, -0.15) is 0 Å². The second kappa shape index (κ2) is 5.53. The molecule has 1 N–H and O–H groups in total. The van der Waals surface area contributed by atoms with Gasteiger partial charge in [0.05, 0.1) is 5.69 Å². The summed E-state index contributed by atoms with van der Waals surface area (Å²) in [6.07, 6.45) is 1.07. The van der Waals surface area contributed by atoms with E-state index in [1.165, 1.54) is 21.6 Å². The molecule has 2 rings (SSSR count). The first-order chi connectivity index (χ1) is 8.65. The predicted molar refractivity (Wildman–Crippen MR) is 80.6 cm³/mol. The number of hydrogen-bond donors (Lipinski definition) is 1. The molecule has 0 unspecified atom stereocenters. The highest BCUT2D eigenvalue weighted by Crippen LogP contribution is 2.32. The molecule has 0 spiro atoms. The van der Waals surface area contributed by atoms with Crippen molar-refractivity contribution in [3.63, 3.8) is 0 Å². The number of nitrogens with one attached hydrogen (secondary N) is 1. The highest BCUT2D eigenvalue weighted by atomic mass is 32.1. The second-order valence-corrected chi connectivity index (χ2v) is 5.48. The predicted octanol–water partition coefficient (Wildman–Crippen LogP) is 4.42. The molecule has 18 heavy (non-hydrogen) atoms. The van der Waals surface area contributed by atoms with Crippen molar-refractivity contribution in [3.8, 4) is 11.3 Å². The Morgan fingerprint density at radius 1 is 1.22 bits per heavy atom. The molecule has 0 aliphatic rings. The van der Waals surface area contributed by atoms with Gasteiger partial charge in [-0.3, -0.25) is 0 Å². The van der Waals surface area contributed by atoms with Gasteiger partial charge in [0.25, 0.3) is 0 Å². The van der Waals surface area contributed by atoms with Crippen LogP contribution in [0.2, 0.25) is 0 Å². The minimum absolute atomic E-state index is 0.902. The number of aryl methyl sites for hydroxylation is 3. The van der Waals surface area contributed by atoms with Crippen LogP contribution in [-0.4, -0.2) is 11.5 Å². The van der Waals surface area contributed by atoms with Gasteiger partial charge >= 0.3 is 0 Å². The van der Waals surface area contributed by atoms with Crippen molar-refractivity contribution in [1.82, 2.24) is 4.98 Å². The van der Waals surface area contributed by atoms with Crippen molar-refractivity contribution in [2.45, 2.75) is 34.1 Å². The van der Waals surface area contributed by atoms with Crippen LogP contribution in [0.25, 0.3) is 11.3 Å². The minimum atomic E-state index is 0.902. The van der Waals surface area contributed by atoms with Crippen LogP contribution in [0.5, 0.6) is 0 Å². The van der Waals surface area contributed by atoms with E-state index in [1.807, 2.05) is 11.3 Å². The maximum atomic E-state index is 4.73. The summed E-state index contributed by atoms with van der Waals surface area (Å²) in [5.41, 5.74) is 5.01. The van der Waals surface area contributed by atoms with Gasteiger partial charge in [-0.05, 0) is 55.8 Å². The average Bonchev–Trinajstić information content (AvgIpc) is 2.70. The molecular weight excluding hydrogens is 240 g/mol. The number of nitrogens with zero attached hydrogens (tertiary/aromatic N) is 1. The number of thiophene rings is 1. The number of hydrogen-bond acceptors (Lipinski definition) is 3. The van der Waals surface area contributed by atoms with Crippen molar-refractivity contribution < 1.29 is 0 Å². The Balaban J connectivity index is 2.52. The van der Waals surface area contributed by atoms with Crippen LogP contribution >= 0.6 is 11.3 Å². The molecule has 0 saturated heterocycles. The number of aromatic nitrogens is 1. The van der Waals surface area contributed by atoms with Crippen molar-refractivity contribution in [1.29, 1.82) is 0 Å². The Morgan fingerprint density at radius 3 is 2.67 bits per heavy atom. The first-order valence-corrected chi connectivity index (χ1v) is 7.33. The lowest BCUT2D eigenvalue weighted by Crippen LogP contribution is -2.01. The third-order valence-corrected chi connectivity index (χ3v) is 4.20. The summed E-state index contributed by atoms with van der Waals surface area (Å²) in [4.78, 5) is 6.15. The van der Waals surface area contributed by atoms with Gasteiger partial charge in [-0.15, -0.1) is 11.3 Å². The summed E-state index contributed by atoms with van der Waals surface area (Å²) in [6, 6.07) is 4.27. The van der Waals surface area contributed by atoms with E-state index in [-0.39, 0.29) is 0 Å². The summed E-state index contributed by atoms with van der Waals surface area (Å²) >= 11 is 1.84. The van der Waals surface area contributed by atoms with Gasteiger partial charge in [0, 0.05) is 17.0 Å². The zero-order valence-corrected chi connectivity index (χ0v) is 12.3. The molecule has 3 heteroatoms. The Kier molecular flexibility index (Phi) is 4.02. The highest BCUT2D eigenvalue weighted by Gasteiger charge is 2.12. The molecule has 0 bridgehead atoms. The van der Waals surface area contributed by atoms with E-state index < -0.39 is 0 Å². The van der Waals surface area contributed by atoms with Gasteiger partial charge in [-0.25, -0.2) is 4.98 Å². The molecular formula is C15H20N2S. The van der Waals surface area contributed by atoms with E-state index in [2.05, 4.69) is 50.5 Å². The quantitative estimate of drug-likeness (QED) is 0.880. The van der Waals surface area contributed by atoms with Crippen molar-refractivity contribution in [2.24, 2.45) is 0 Å². The van der Waals surface area contributed by atoms with E-state index >= 15 is 0 Å². The first-order valence-electron chi connectivity index (χ1n) is 6.45. The Bertz CT molecular complexity index is 543. The molecule has 0 atom stereocenters. The Labute approximate surface area is 113 Å². The SMILES string of the molecule is CCNc1cc(C)cc(-c2c(C)csc2CC)n1. The van der Waals surface area contributed by atoms with Gasteiger partial charge in [0.15, 0.2) is 0 Å². The summed E-state index contributed by atoms with van der Waals surface area (Å²) in [5.74, 6) is 0.972. The van der Waals surface area contributed by atoms with Crippen molar-refractivity contribution in [3.05, 3.63) is 33.5 Å². The van der Waals surface area contributed by atoms with E-state index in [1.54, 1.807) is 0 Å². The Morgan fingerprint density at radius 2 is 2.00 bits per heavy atom. The molecule has 2 aromatic heterocycles. The van der Waals surface area contributed by atoms with Crippen LogP contribution in [0.4, 0.5) is 5.82 Å². The first kappa shape index (κ1) is 13.1. The topological polar surface area (TPSA) is 24.9 Å². The van der Waals surface area contributed by atoms with Crippen LogP contribution in [0, 0.1) is 13.8 Å². The van der Waals surface area contributed by atoms with Crippen LogP contribution in [0.1, 0.15) is 29.9 Å². The lowest BCUT2D eigenvalue weighted by Gasteiger charge is -2.09. The monoisotopic (exact) mass is 260 g/mol. The van der Waals surface area contributed by atoms with Crippen molar-refractivity contribution in [2.75, 3.05) is 11.9 Å². The summed E-state index contributed by atoms with van der Waals surface area (Å²) < 4.78 is 0. The fourth-order valence-corrected chi connectivity index (χ4v) is 3.16. The van der Waals surface area contributed by atoms with Gasteiger partial charge < -0.3 is 5.32 Å². The lowest BCUT2D eigenvalue weighted by molar-refractivity contribution is 1.14. The van der Waals surface area contributed by atoms with Crippen LogP contribution in [0.15, 0.2) is 17.5 Å². The normalized spacial score (nSPS) is 10.7. The molecule has 0 amide bonds. The number of anilines is 1. The molecule has 2 heterocycles. The van der Waals surface area contributed by atoms with Crippen LogP contribution < -0.4 is 5.32 Å². The van der Waals surface area contributed by atoms with Gasteiger partial charge in [0.2, 0.25) is 0 Å². The van der Waals surface area contributed by atoms with Crippen molar-refractivity contribution >= 4 is 17.2 Å². The standard InChI is InChI=1S/C15H20N2S/c1-5-13-15(11(4)9-18-13)12-7-10(3)8-14(17-12)16-6-2/h7-9H,5-6H2,1-4H3,(H,16,17). The fourth-order valence-electron chi connectivity index (χ4n) is 2.17. The summed E-state index contributed by atoms with van der Waals surface area (Å²) in [6.45, 7) is 9.49. The molecule has 0 saturated carbocycles. The van der Waals surface area contributed by atoms with Gasteiger partial charge in [-0.1, -0.05) is 6.92 Å². The number of rotatable bonds is 4. The van der Waals surface area contributed by atoms with E-state index in [4.69, 9.17) is 4.98 Å². The van der Waals surface area contributed by atoms with Crippen LogP contribution in [-0.2, 0) is 6.42 Å². The smallest absolute Gasteiger partial charge is 0.126 e. The third kappa shape index (κ3) is 2.56. The third-order valence-electron chi connectivity index (χ3n) is 2.96. The lowest BCUT2D eigenvalue weighted by atomic mass is 10.1. The molecule has 2 nitrogen and oxygen atoms in total. The second-order valence-electron chi connectivity index (χ2n) is 4.52. The molecule has 96 valence electrons.